The second-order valence-electron chi connectivity index (χ2n) is 3.61. The Kier molecular flexibility index (Phi) is 3.80. The van der Waals surface area contributed by atoms with E-state index in [4.69, 9.17) is 4.74 Å². The zero-order valence-electron chi connectivity index (χ0n) is 9.54. The number of benzene rings is 1. The predicted molar refractivity (Wildman–Crippen MR) is 73.7 cm³/mol. The average molecular weight is 359 g/mol. The molecular weight excluding hydrogens is 349 g/mol. The molecule has 2 rings (SSSR count). The largest absolute Gasteiger partial charge is 0.496 e. The second kappa shape index (κ2) is 5.34. The summed E-state index contributed by atoms with van der Waals surface area (Å²) in [5.41, 5.74) is 0.777. The number of ether oxygens (including phenoxy) is 1. The smallest absolute Gasteiger partial charge is 0.270 e. The van der Waals surface area contributed by atoms with Crippen molar-refractivity contribution in [3.05, 3.63) is 49.8 Å². The van der Waals surface area contributed by atoms with Gasteiger partial charge in [-0.25, -0.2) is 0 Å². The molecule has 0 bridgehead atoms. The fourth-order valence-electron chi connectivity index (χ4n) is 1.60. The van der Waals surface area contributed by atoms with Gasteiger partial charge in [0.1, 0.15) is 5.75 Å². The van der Waals surface area contributed by atoms with E-state index in [1.807, 2.05) is 6.20 Å². The minimum Gasteiger partial charge on any atom is -0.496 e. The van der Waals surface area contributed by atoms with Gasteiger partial charge in [-0.3, -0.25) is 14.8 Å². The summed E-state index contributed by atoms with van der Waals surface area (Å²) in [7, 11) is 1.54. The molecule has 18 heavy (non-hydrogen) atoms. The zero-order chi connectivity index (χ0) is 13.1. The molecule has 0 saturated heterocycles. The van der Waals surface area contributed by atoms with Gasteiger partial charge in [0, 0.05) is 23.9 Å². The number of hydrogen-bond acceptors (Lipinski definition) is 4. The van der Waals surface area contributed by atoms with E-state index in [0.29, 0.717) is 12.3 Å². The van der Waals surface area contributed by atoms with Crippen molar-refractivity contribution in [1.29, 1.82) is 0 Å². The molecule has 0 N–H and O–H groups in total. The standard InChI is InChI=1S/C11H10IN3O3/c1-18-11-3-2-10(15(16)17)4-8(11)6-14-7-9(12)5-13-14/h2-5,7H,6H2,1H3. The lowest BCUT2D eigenvalue weighted by Crippen LogP contribution is -2.03. The first-order valence-corrected chi connectivity index (χ1v) is 6.17. The van der Waals surface area contributed by atoms with Gasteiger partial charge >= 0.3 is 0 Å². The van der Waals surface area contributed by atoms with Crippen molar-refractivity contribution in [3.8, 4) is 5.75 Å². The Morgan fingerprint density at radius 3 is 2.89 bits per heavy atom. The van der Waals surface area contributed by atoms with E-state index in [1.54, 1.807) is 16.9 Å². The van der Waals surface area contributed by atoms with Crippen molar-refractivity contribution in [2.75, 3.05) is 7.11 Å². The molecule has 0 aliphatic carbocycles. The number of methoxy groups -OCH3 is 1. The van der Waals surface area contributed by atoms with Crippen LogP contribution in [0.5, 0.6) is 5.75 Å². The normalized spacial score (nSPS) is 10.3. The number of rotatable bonds is 4. The third-order valence-corrected chi connectivity index (χ3v) is 2.97. The Hall–Kier alpha value is -1.64. The summed E-state index contributed by atoms with van der Waals surface area (Å²) < 4.78 is 7.92. The predicted octanol–water partition coefficient (Wildman–Crippen LogP) is 2.45. The fraction of sp³-hybridized carbons (Fsp3) is 0.182. The highest BCUT2D eigenvalue weighted by Crippen LogP contribution is 2.24. The zero-order valence-corrected chi connectivity index (χ0v) is 11.7. The molecule has 0 atom stereocenters. The van der Waals surface area contributed by atoms with Crippen LogP contribution in [0.4, 0.5) is 5.69 Å². The van der Waals surface area contributed by atoms with E-state index in [-0.39, 0.29) is 5.69 Å². The number of non-ortho nitro benzene ring substituents is 1. The highest BCUT2D eigenvalue weighted by molar-refractivity contribution is 14.1. The van der Waals surface area contributed by atoms with Crippen molar-refractivity contribution >= 4 is 28.3 Å². The van der Waals surface area contributed by atoms with E-state index in [0.717, 1.165) is 9.13 Å². The summed E-state index contributed by atoms with van der Waals surface area (Å²) >= 11 is 2.16. The Morgan fingerprint density at radius 2 is 2.33 bits per heavy atom. The molecule has 6 nitrogen and oxygen atoms in total. The minimum atomic E-state index is -0.421. The lowest BCUT2D eigenvalue weighted by molar-refractivity contribution is -0.384. The van der Waals surface area contributed by atoms with Crippen LogP contribution in [0.1, 0.15) is 5.56 Å². The molecular formula is C11H10IN3O3. The van der Waals surface area contributed by atoms with Crippen LogP contribution >= 0.6 is 22.6 Å². The lowest BCUT2D eigenvalue weighted by atomic mass is 10.2. The third-order valence-electron chi connectivity index (χ3n) is 2.41. The molecule has 0 amide bonds. The van der Waals surface area contributed by atoms with Crippen molar-refractivity contribution in [1.82, 2.24) is 9.78 Å². The van der Waals surface area contributed by atoms with E-state index in [9.17, 15) is 10.1 Å². The van der Waals surface area contributed by atoms with Crippen molar-refractivity contribution < 1.29 is 9.66 Å². The highest BCUT2D eigenvalue weighted by atomic mass is 127. The Labute approximate surface area is 117 Å². The third kappa shape index (κ3) is 2.78. The van der Waals surface area contributed by atoms with Crippen LogP contribution in [0.2, 0.25) is 0 Å². The van der Waals surface area contributed by atoms with E-state index < -0.39 is 4.92 Å². The van der Waals surface area contributed by atoms with Gasteiger partial charge in [-0.05, 0) is 28.7 Å². The molecule has 0 unspecified atom stereocenters. The van der Waals surface area contributed by atoms with Crippen LogP contribution < -0.4 is 4.74 Å². The Morgan fingerprint density at radius 1 is 1.56 bits per heavy atom. The van der Waals surface area contributed by atoms with Crippen LogP contribution in [0.15, 0.2) is 30.6 Å². The SMILES string of the molecule is COc1ccc([N+](=O)[O-])cc1Cn1cc(I)cn1. The molecule has 0 aliphatic heterocycles. The average Bonchev–Trinajstić information content (AvgIpc) is 2.74. The molecule has 1 aromatic heterocycles. The molecule has 1 aromatic carbocycles. The molecule has 0 spiro atoms. The van der Waals surface area contributed by atoms with Gasteiger partial charge in [0.05, 0.1) is 28.3 Å². The fourth-order valence-corrected chi connectivity index (χ4v) is 2.05. The van der Waals surface area contributed by atoms with Gasteiger partial charge in [0.2, 0.25) is 0 Å². The highest BCUT2D eigenvalue weighted by Gasteiger charge is 2.12. The molecule has 0 aliphatic rings. The molecule has 0 fully saturated rings. The van der Waals surface area contributed by atoms with Crippen LogP contribution in [-0.2, 0) is 6.54 Å². The quantitative estimate of drug-likeness (QED) is 0.478. The lowest BCUT2D eigenvalue weighted by Gasteiger charge is -2.08. The summed E-state index contributed by atoms with van der Waals surface area (Å²) in [5.74, 6) is 0.617. The summed E-state index contributed by atoms with van der Waals surface area (Å²) in [6.45, 7) is 0.438. The Bertz CT molecular complexity index is 583. The summed E-state index contributed by atoms with van der Waals surface area (Å²) in [4.78, 5) is 10.3. The maximum atomic E-state index is 10.8. The van der Waals surface area contributed by atoms with Crippen LogP contribution in [0.25, 0.3) is 0 Å². The van der Waals surface area contributed by atoms with Gasteiger partial charge in [-0.15, -0.1) is 0 Å². The summed E-state index contributed by atoms with van der Waals surface area (Å²) in [6.07, 6.45) is 3.59. The number of nitrogens with zero attached hydrogens (tertiary/aromatic N) is 3. The molecule has 2 aromatic rings. The maximum Gasteiger partial charge on any atom is 0.270 e. The number of halogens is 1. The van der Waals surface area contributed by atoms with E-state index in [1.165, 1.54) is 19.2 Å². The van der Waals surface area contributed by atoms with Crippen molar-refractivity contribution in [3.63, 3.8) is 0 Å². The molecule has 7 heteroatoms. The number of hydrogen-bond donors (Lipinski definition) is 0. The van der Waals surface area contributed by atoms with Gasteiger partial charge in [-0.2, -0.15) is 5.10 Å². The number of aromatic nitrogens is 2. The van der Waals surface area contributed by atoms with Crippen LogP contribution in [0.3, 0.4) is 0 Å². The number of nitro benzene ring substituents is 1. The maximum absolute atomic E-state index is 10.8. The summed E-state index contributed by atoms with van der Waals surface area (Å²) in [5, 5.41) is 14.9. The van der Waals surface area contributed by atoms with E-state index >= 15 is 0 Å². The molecule has 94 valence electrons. The van der Waals surface area contributed by atoms with Crippen LogP contribution in [0, 0.1) is 13.7 Å². The monoisotopic (exact) mass is 359 g/mol. The van der Waals surface area contributed by atoms with Gasteiger partial charge in [0.25, 0.3) is 5.69 Å². The van der Waals surface area contributed by atoms with Gasteiger partial charge in [0.15, 0.2) is 0 Å². The molecule has 1 heterocycles. The van der Waals surface area contributed by atoms with Crippen molar-refractivity contribution in [2.24, 2.45) is 0 Å². The van der Waals surface area contributed by atoms with E-state index in [2.05, 4.69) is 27.7 Å². The van der Waals surface area contributed by atoms with Gasteiger partial charge < -0.3 is 4.74 Å². The molecule has 0 radical (unpaired) electrons. The van der Waals surface area contributed by atoms with Gasteiger partial charge in [-0.1, -0.05) is 0 Å². The summed E-state index contributed by atoms with van der Waals surface area (Å²) in [6, 6.07) is 4.53. The first-order valence-electron chi connectivity index (χ1n) is 5.09. The minimum absolute atomic E-state index is 0.0488. The Balaban J connectivity index is 2.35. The molecule has 0 saturated carbocycles. The van der Waals surface area contributed by atoms with Crippen molar-refractivity contribution in [2.45, 2.75) is 6.54 Å². The second-order valence-corrected chi connectivity index (χ2v) is 4.86. The first kappa shape index (κ1) is 12.8. The topological polar surface area (TPSA) is 70.2 Å². The van der Waals surface area contributed by atoms with Crippen LogP contribution in [-0.4, -0.2) is 21.8 Å². The first-order chi connectivity index (χ1) is 8.60. The number of nitro groups is 1.